The van der Waals surface area contributed by atoms with E-state index in [0.29, 0.717) is 24.4 Å². The fourth-order valence-electron chi connectivity index (χ4n) is 5.02. The number of nitrogens with one attached hydrogen (secondary N) is 1. The number of hydrogen-bond acceptors (Lipinski definition) is 5. The molecule has 1 aromatic carbocycles. The van der Waals surface area contributed by atoms with Gasteiger partial charge in [-0.1, -0.05) is 18.2 Å². The number of carbonyl (C=O) groups excluding carboxylic acids is 3. The molecule has 4 aliphatic heterocycles. The fraction of sp³-hybridized carbons (Fsp3) is 0.478. The maximum atomic E-state index is 12.9. The zero-order valence-electron chi connectivity index (χ0n) is 17.0. The number of hydrogen-bond donors (Lipinski definition) is 1. The lowest BCUT2D eigenvalue weighted by Gasteiger charge is -2.32. The third-order valence-corrected chi connectivity index (χ3v) is 6.70. The SMILES string of the molecule is O=C1CCC(N2Cc3cc(C4CCN(CC5=NCC=C5)CC4)ccc3C2=O)C(=O)N1. The van der Waals surface area contributed by atoms with Gasteiger partial charge in [-0.2, -0.15) is 0 Å². The lowest BCUT2D eigenvalue weighted by molar-refractivity contribution is -0.136. The highest BCUT2D eigenvalue weighted by Crippen LogP contribution is 2.33. The fourth-order valence-corrected chi connectivity index (χ4v) is 5.02. The van der Waals surface area contributed by atoms with E-state index in [1.807, 2.05) is 6.07 Å². The van der Waals surface area contributed by atoms with E-state index in [0.717, 1.165) is 44.6 Å². The van der Waals surface area contributed by atoms with E-state index in [2.05, 4.69) is 39.5 Å². The van der Waals surface area contributed by atoms with Gasteiger partial charge in [-0.05, 0) is 61.5 Å². The summed E-state index contributed by atoms with van der Waals surface area (Å²) in [5.41, 5.74) is 4.14. The van der Waals surface area contributed by atoms with Crippen molar-refractivity contribution in [2.24, 2.45) is 4.99 Å². The minimum atomic E-state index is -0.554. The Morgan fingerprint density at radius 2 is 1.93 bits per heavy atom. The first-order chi connectivity index (χ1) is 14.6. The van der Waals surface area contributed by atoms with Gasteiger partial charge in [0.2, 0.25) is 11.8 Å². The lowest BCUT2D eigenvalue weighted by Crippen LogP contribution is -2.52. The highest BCUT2D eigenvalue weighted by Gasteiger charge is 2.39. The van der Waals surface area contributed by atoms with Crippen molar-refractivity contribution >= 4 is 23.4 Å². The molecule has 7 nitrogen and oxygen atoms in total. The molecule has 0 spiro atoms. The Balaban J connectivity index is 1.24. The number of rotatable bonds is 4. The van der Waals surface area contributed by atoms with Crippen LogP contribution in [0.5, 0.6) is 0 Å². The zero-order chi connectivity index (χ0) is 20.7. The maximum absolute atomic E-state index is 12.9. The first-order valence-electron chi connectivity index (χ1n) is 10.8. The van der Waals surface area contributed by atoms with Crippen molar-refractivity contribution < 1.29 is 14.4 Å². The Morgan fingerprint density at radius 1 is 1.10 bits per heavy atom. The molecular weight excluding hydrogens is 380 g/mol. The Hall–Kier alpha value is -2.80. The molecule has 4 heterocycles. The van der Waals surface area contributed by atoms with Gasteiger partial charge in [0.1, 0.15) is 6.04 Å². The van der Waals surface area contributed by atoms with Crippen LogP contribution in [0.25, 0.3) is 0 Å². The smallest absolute Gasteiger partial charge is 0.255 e. The van der Waals surface area contributed by atoms with E-state index in [-0.39, 0.29) is 24.1 Å². The topological polar surface area (TPSA) is 82.1 Å². The maximum Gasteiger partial charge on any atom is 0.255 e. The summed E-state index contributed by atoms with van der Waals surface area (Å²) in [6, 6.07) is 5.60. The van der Waals surface area contributed by atoms with Gasteiger partial charge >= 0.3 is 0 Å². The average Bonchev–Trinajstić information content (AvgIpc) is 3.36. The van der Waals surface area contributed by atoms with Crippen molar-refractivity contribution in [3.05, 3.63) is 47.0 Å². The van der Waals surface area contributed by atoms with Crippen LogP contribution in [0.2, 0.25) is 0 Å². The minimum absolute atomic E-state index is 0.105. The second kappa shape index (κ2) is 7.80. The molecule has 0 saturated carbocycles. The standard InChI is InChI=1S/C23H26N4O3/c28-21-6-5-20(22(29)25-21)27-13-17-12-16(3-4-19(17)23(27)30)15-7-10-26(11-8-15)14-18-2-1-9-24-18/h1-4,12,15,20H,5-11,13-14H2,(H,25,28,29). The largest absolute Gasteiger partial charge is 0.322 e. The van der Waals surface area contributed by atoms with E-state index in [9.17, 15) is 14.4 Å². The van der Waals surface area contributed by atoms with Crippen LogP contribution in [0.15, 0.2) is 35.3 Å². The first kappa shape index (κ1) is 19.2. The number of nitrogens with zero attached hydrogens (tertiary/aromatic N) is 3. The second-order valence-electron chi connectivity index (χ2n) is 8.60. The summed E-state index contributed by atoms with van der Waals surface area (Å²) in [4.78, 5) is 45.1. The van der Waals surface area contributed by atoms with Crippen LogP contribution in [0, 0.1) is 0 Å². The predicted octanol–water partition coefficient (Wildman–Crippen LogP) is 1.64. The number of carbonyl (C=O) groups is 3. The third-order valence-electron chi connectivity index (χ3n) is 6.70. The molecule has 0 radical (unpaired) electrons. The summed E-state index contributed by atoms with van der Waals surface area (Å²) in [5.74, 6) is -0.231. The number of amides is 3. The number of likely N-dealkylation sites (tertiary alicyclic amines) is 1. The molecule has 7 heteroatoms. The number of piperidine rings is 2. The molecule has 0 aliphatic carbocycles. The number of benzene rings is 1. The summed E-state index contributed by atoms with van der Waals surface area (Å²) in [5, 5.41) is 2.36. The lowest BCUT2D eigenvalue weighted by atomic mass is 9.88. The van der Waals surface area contributed by atoms with Crippen molar-refractivity contribution in [3.63, 3.8) is 0 Å². The Morgan fingerprint density at radius 3 is 2.67 bits per heavy atom. The van der Waals surface area contributed by atoms with Crippen molar-refractivity contribution in [2.75, 3.05) is 26.2 Å². The molecular formula is C23H26N4O3. The average molecular weight is 406 g/mol. The van der Waals surface area contributed by atoms with E-state index >= 15 is 0 Å². The Labute approximate surface area is 175 Å². The molecule has 1 atom stereocenters. The highest BCUT2D eigenvalue weighted by atomic mass is 16.2. The summed E-state index contributed by atoms with van der Waals surface area (Å²) >= 11 is 0. The molecule has 0 bridgehead atoms. The summed E-state index contributed by atoms with van der Waals surface area (Å²) < 4.78 is 0. The van der Waals surface area contributed by atoms with Crippen LogP contribution in [0.3, 0.4) is 0 Å². The van der Waals surface area contributed by atoms with Gasteiger partial charge in [0.15, 0.2) is 0 Å². The van der Waals surface area contributed by atoms with Gasteiger partial charge in [0, 0.05) is 30.8 Å². The molecule has 1 aromatic rings. The van der Waals surface area contributed by atoms with Gasteiger partial charge < -0.3 is 4.90 Å². The summed E-state index contributed by atoms with van der Waals surface area (Å²) in [6.45, 7) is 4.30. The van der Waals surface area contributed by atoms with Crippen LogP contribution in [-0.2, 0) is 16.1 Å². The van der Waals surface area contributed by atoms with Crippen LogP contribution in [0.1, 0.15) is 53.1 Å². The predicted molar refractivity (Wildman–Crippen MR) is 112 cm³/mol. The van der Waals surface area contributed by atoms with Crippen LogP contribution in [0.4, 0.5) is 0 Å². The molecule has 2 saturated heterocycles. The summed E-state index contributed by atoms with van der Waals surface area (Å²) in [6.07, 6.45) is 7.10. The second-order valence-corrected chi connectivity index (χ2v) is 8.60. The van der Waals surface area contributed by atoms with E-state index in [1.54, 1.807) is 4.90 Å². The van der Waals surface area contributed by atoms with Crippen LogP contribution in [-0.4, -0.2) is 65.5 Å². The van der Waals surface area contributed by atoms with Gasteiger partial charge in [0.05, 0.1) is 6.54 Å². The monoisotopic (exact) mass is 406 g/mol. The molecule has 2 fully saturated rings. The molecule has 1 N–H and O–H groups in total. The Bertz CT molecular complexity index is 959. The Kier molecular flexibility index (Phi) is 4.98. The molecule has 5 rings (SSSR count). The third kappa shape index (κ3) is 3.58. The van der Waals surface area contributed by atoms with Crippen molar-refractivity contribution in [1.82, 2.24) is 15.1 Å². The molecule has 30 heavy (non-hydrogen) atoms. The van der Waals surface area contributed by atoms with Gasteiger partial charge in [-0.25, -0.2) is 0 Å². The molecule has 156 valence electrons. The van der Waals surface area contributed by atoms with Crippen LogP contribution >= 0.6 is 0 Å². The minimum Gasteiger partial charge on any atom is -0.322 e. The van der Waals surface area contributed by atoms with E-state index in [4.69, 9.17) is 0 Å². The van der Waals surface area contributed by atoms with Gasteiger partial charge in [-0.15, -0.1) is 0 Å². The van der Waals surface area contributed by atoms with Crippen molar-refractivity contribution in [3.8, 4) is 0 Å². The molecule has 4 aliphatic rings. The quantitative estimate of drug-likeness (QED) is 0.771. The molecule has 1 unspecified atom stereocenters. The van der Waals surface area contributed by atoms with Crippen LogP contribution < -0.4 is 5.32 Å². The zero-order valence-corrected chi connectivity index (χ0v) is 17.0. The first-order valence-corrected chi connectivity index (χ1v) is 10.8. The molecule has 0 aromatic heterocycles. The normalized spacial score (nSPS) is 24.9. The van der Waals surface area contributed by atoms with Gasteiger partial charge in [-0.3, -0.25) is 29.6 Å². The highest BCUT2D eigenvalue weighted by molar-refractivity contribution is 6.05. The number of fused-ring (bicyclic) bond motifs is 1. The van der Waals surface area contributed by atoms with E-state index in [1.165, 1.54) is 11.3 Å². The number of aliphatic imine (C=N–C) groups is 1. The van der Waals surface area contributed by atoms with Crippen molar-refractivity contribution in [1.29, 1.82) is 0 Å². The van der Waals surface area contributed by atoms with Gasteiger partial charge in [0.25, 0.3) is 5.91 Å². The molecule has 3 amide bonds. The number of imide groups is 1. The van der Waals surface area contributed by atoms with E-state index < -0.39 is 6.04 Å². The van der Waals surface area contributed by atoms with Crippen molar-refractivity contribution in [2.45, 2.75) is 44.2 Å². The summed E-state index contributed by atoms with van der Waals surface area (Å²) in [7, 11) is 0.